The van der Waals surface area contributed by atoms with Crippen LogP contribution in [0.1, 0.15) is 15.9 Å². The lowest BCUT2D eigenvalue weighted by atomic mass is 10.1. The molecule has 0 aliphatic carbocycles. The maximum Gasteiger partial charge on any atom is 0.313 e. The van der Waals surface area contributed by atoms with E-state index in [1.54, 1.807) is 12.1 Å². The highest BCUT2D eigenvalue weighted by Crippen LogP contribution is 2.26. The number of rotatable bonds is 5. The molecule has 2 rings (SSSR count). The van der Waals surface area contributed by atoms with Crippen molar-refractivity contribution in [3.05, 3.63) is 33.8 Å². The van der Waals surface area contributed by atoms with E-state index < -0.39 is 5.97 Å². The zero-order valence-corrected chi connectivity index (χ0v) is 14.0. The minimum atomic E-state index is -0.925. The molecule has 1 amide bonds. The first-order chi connectivity index (χ1) is 9.97. The lowest BCUT2D eigenvalue weighted by Gasteiger charge is -2.06. The van der Waals surface area contributed by atoms with E-state index in [4.69, 9.17) is 5.11 Å². The number of amides is 1. The van der Waals surface area contributed by atoms with Gasteiger partial charge in [0.1, 0.15) is 0 Å². The normalized spacial score (nSPS) is 10.4. The summed E-state index contributed by atoms with van der Waals surface area (Å²) in [5.41, 5.74) is 1.37. The summed E-state index contributed by atoms with van der Waals surface area (Å²) in [4.78, 5) is 22.6. The summed E-state index contributed by atoms with van der Waals surface area (Å²) in [6.07, 6.45) is 0. The molecule has 9 heteroatoms. The molecule has 0 radical (unpaired) electrons. The topological polar surface area (TPSA) is 92.2 Å². The van der Waals surface area contributed by atoms with Gasteiger partial charge in [-0.15, -0.1) is 10.2 Å². The van der Waals surface area contributed by atoms with E-state index in [0.717, 1.165) is 33.1 Å². The molecule has 6 nitrogen and oxygen atoms in total. The summed E-state index contributed by atoms with van der Waals surface area (Å²) in [5, 5.41) is 19.2. The van der Waals surface area contributed by atoms with Crippen molar-refractivity contribution >= 4 is 56.0 Å². The van der Waals surface area contributed by atoms with E-state index >= 15 is 0 Å². The van der Waals surface area contributed by atoms with Gasteiger partial charge in [-0.2, -0.15) is 0 Å². The van der Waals surface area contributed by atoms with Crippen LogP contribution in [0.15, 0.2) is 27.0 Å². The maximum absolute atomic E-state index is 12.2. The summed E-state index contributed by atoms with van der Waals surface area (Å²) < 4.78 is 1.35. The first kappa shape index (κ1) is 15.9. The molecule has 1 heterocycles. The van der Waals surface area contributed by atoms with Gasteiger partial charge >= 0.3 is 5.97 Å². The van der Waals surface area contributed by atoms with Crippen molar-refractivity contribution in [1.82, 2.24) is 10.2 Å². The first-order valence-electron chi connectivity index (χ1n) is 5.72. The van der Waals surface area contributed by atoms with Gasteiger partial charge in [-0.1, -0.05) is 45.1 Å². The van der Waals surface area contributed by atoms with Gasteiger partial charge in [0.2, 0.25) is 5.13 Å². The number of carboxylic acid groups (broad SMARTS) is 1. The summed E-state index contributed by atoms with van der Waals surface area (Å²) in [5.74, 6) is -1.29. The number of carbonyl (C=O) groups is 2. The number of hydrogen-bond acceptors (Lipinski definition) is 6. The predicted octanol–water partition coefficient (Wildman–Crippen LogP) is 3.04. The van der Waals surface area contributed by atoms with Gasteiger partial charge < -0.3 is 5.11 Å². The van der Waals surface area contributed by atoms with E-state index in [9.17, 15) is 9.59 Å². The Balaban J connectivity index is 2.06. The van der Waals surface area contributed by atoms with E-state index in [-0.39, 0.29) is 11.7 Å². The molecular formula is C12H10BrN3O3S2. The first-order valence-corrected chi connectivity index (χ1v) is 8.31. The summed E-state index contributed by atoms with van der Waals surface area (Å²) >= 11 is 5.58. The van der Waals surface area contributed by atoms with Gasteiger partial charge in [0, 0.05) is 10.0 Å². The second kappa shape index (κ2) is 7.01. The molecule has 21 heavy (non-hydrogen) atoms. The number of nitrogens with zero attached hydrogens (tertiary/aromatic N) is 2. The van der Waals surface area contributed by atoms with Gasteiger partial charge in [-0.05, 0) is 24.6 Å². The number of hydrogen-bond donors (Lipinski definition) is 2. The zero-order valence-electron chi connectivity index (χ0n) is 10.8. The smallest absolute Gasteiger partial charge is 0.313 e. The monoisotopic (exact) mass is 387 g/mol. The van der Waals surface area contributed by atoms with Gasteiger partial charge in [0.15, 0.2) is 4.34 Å². The van der Waals surface area contributed by atoms with Crippen LogP contribution in [-0.2, 0) is 4.79 Å². The molecule has 2 N–H and O–H groups in total. The number of carboxylic acids is 1. The highest BCUT2D eigenvalue weighted by atomic mass is 79.9. The second-order valence-corrected chi connectivity index (χ2v) is 6.98. The molecular weight excluding hydrogens is 378 g/mol. The Morgan fingerprint density at radius 1 is 1.43 bits per heavy atom. The Kier molecular flexibility index (Phi) is 5.32. The van der Waals surface area contributed by atoms with Crippen LogP contribution in [-0.4, -0.2) is 32.9 Å². The SMILES string of the molecule is Cc1c(Br)cccc1C(=O)Nc1nnc(SCC(=O)O)s1. The lowest BCUT2D eigenvalue weighted by molar-refractivity contribution is -0.133. The Morgan fingerprint density at radius 2 is 2.19 bits per heavy atom. The van der Waals surface area contributed by atoms with Crippen molar-refractivity contribution < 1.29 is 14.7 Å². The van der Waals surface area contributed by atoms with Gasteiger partial charge in [0.25, 0.3) is 5.91 Å². The lowest BCUT2D eigenvalue weighted by Crippen LogP contribution is -2.13. The third kappa shape index (κ3) is 4.26. The number of carbonyl (C=O) groups excluding carboxylic acids is 1. The van der Waals surface area contributed by atoms with Crippen molar-refractivity contribution in [2.45, 2.75) is 11.3 Å². The van der Waals surface area contributed by atoms with Crippen molar-refractivity contribution in [3.63, 3.8) is 0 Å². The molecule has 0 atom stereocenters. The molecule has 2 aromatic rings. The second-order valence-electron chi connectivity index (χ2n) is 3.92. The molecule has 0 saturated carbocycles. The summed E-state index contributed by atoms with van der Waals surface area (Å²) in [6, 6.07) is 5.36. The number of aliphatic carboxylic acids is 1. The zero-order chi connectivity index (χ0) is 15.4. The van der Waals surface area contributed by atoms with E-state index in [2.05, 4.69) is 31.4 Å². The Bertz CT molecular complexity index is 690. The van der Waals surface area contributed by atoms with Gasteiger partial charge in [-0.3, -0.25) is 14.9 Å². The fraction of sp³-hybridized carbons (Fsp3) is 0.167. The Labute approximate surface area is 137 Å². The van der Waals surface area contributed by atoms with Crippen LogP contribution in [0.25, 0.3) is 0 Å². The van der Waals surface area contributed by atoms with Crippen LogP contribution in [0.4, 0.5) is 5.13 Å². The number of anilines is 1. The van der Waals surface area contributed by atoms with Crippen molar-refractivity contribution in [1.29, 1.82) is 0 Å². The molecule has 0 aliphatic rings. The predicted molar refractivity (Wildman–Crippen MR) is 85.1 cm³/mol. The number of thioether (sulfide) groups is 1. The average molecular weight is 388 g/mol. The number of aromatic nitrogens is 2. The molecule has 0 bridgehead atoms. The number of halogens is 1. The van der Waals surface area contributed by atoms with Gasteiger partial charge in [-0.25, -0.2) is 0 Å². The highest BCUT2D eigenvalue weighted by molar-refractivity contribution is 9.10. The molecule has 0 aliphatic heterocycles. The van der Waals surface area contributed by atoms with Crippen LogP contribution < -0.4 is 5.32 Å². The highest BCUT2D eigenvalue weighted by Gasteiger charge is 2.14. The van der Waals surface area contributed by atoms with Crippen LogP contribution in [0.3, 0.4) is 0 Å². The van der Waals surface area contributed by atoms with Gasteiger partial charge in [0.05, 0.1) is 5.75 Å². The third-order valence-electron chi connectivity index (χ3n) is 2.46. The van der Waals surface area contributed by atoms with Crippen LogP contribution in [0, 0.1) is 6.92 Å². The third-order valence-corrected chi connectivity index (χ3v) is 5.27. The largest absolute Gasteiger partial charge is 0.481 e. The maximum atomic E-state index is 12.2. The minimum Gasteiger partial charge on any atom is -0.481 e. The molecule has 0 unspecified atom stereocenters. The Morgan fingerprint density at radius 3 is 2.90 bits per heavy atom. The van der Waals surface area contributed by atoms with E-state index in [1.165, 1.54) is 0 Å². The average Bonchev–Trinajstić information content (AvgIpc) is 2.87. The fourth-order valence-electron chi connectivity index (χ4n) is 1.46. The molecule has 0 fully saturated rings. The van der Waals surface area contributed by atoms with Crippen molar-refractivity contribution in [2.75, 3.05) is 11.1 Å². The number of nitrogens with one attached hydrogen (secondary N) is 1. The molecule has 1 aromatic heterocycles. The standard InChI is InChI=1S/C12H10BrN3O3S2/c1-6-7(3-2-4-8(6)13)10(19)14-11-15-16-12(21-11)20-5-9(17)18/h2-4H,5H2,1H3,(H,17,18)(H,14,15,19). The number of benzene rings is 1. The van der Waals surface area contributed by atoms with E-state index in [0.29, 0.717) is 15.0 Å². The molecule has 0 saturated heterocycles. The van der Waals surface area contributed by atoms with Crippen molar-refractivity contribution in [3.8, 4) is 0 Å². The Hall–Kier alpha value is -1.45. The molecule has 0 spiro atoms. The fourth-order valence-corrected chi connectivity index (χ4v) is 3.29. The quantitative estimate of drug-likeness (QED) is 0.604. The van der Waals surface area contributed by atoms with Crippen LogP contribution in [0.5, 0.6) is 0 Å². The minimum absolute atomic E-state index is 0.0900. The molecule has 110 valence electrons. The van der Waals surface area contributed by atoms with Crippen LogP contribution in [0.2, 0.25) is 0 Å². The summed E-state index contributed by atoms with van der Waals surface area (Å²) in [7, 11) is 0. The van der Waals surface area contributed by atoms with Crippen molar-refractivity contribution in [2.24, 2.45) is 0 Å². The summed E-state index contributed by atoms with van der Waals surface area (Å²) in [6.45, 7) is 1.84. The van der Waals surface area contributed by atoms with E-state index in [1.807, 2.05) is 13.0 Å². The molecule has 1 aromatic carbocycles. The van der Waals surface area contributed by atoms with Crippen LogP contribution >= 0.6 is 39.0 Å².